The molecular weight excluding hydrogens is 232 g/mol. The number of H-pyrrole nitrogens is 1. The fourth-order valence-electron chi connectivity index (χ4n) is 2.04. The van der Waals surface area contributed by atoms with Gasteiger partial charge in [-0.3, -0.25) is 14.4 Å². The van der Waals surface area contributed by atoms with Gasteiger partial charge in [-0.05, 0) is 25.0 Å². The topological polar surface area (TPSA) is 79.9 Å². The second-order valence-electron chi connectivity index (χ2n) is 4.42. The number of nitrogens with zero attached hydrogens (tertiary/aromatic N) is 1. The molecule has 5 heteroatoms. The first-order valence-electron chi connectivity index (χ1n) is 5.72. The molecule has 0 atom stereocenters. The van der Waals surface area contributed by atoms with Gasteiger partial charge >= 0.3 is 0 Å². The third-order valence-corrected chi connectivity index (χ3v) is 3.16. The first-order chi connectivity index (χ1) is 8.74. The van der Waals surface area contributed by atoms with Crippen molar-refractivity contribution in [2.75, 3.05) is 0 Å². The summed E-state index contributed by atoms with van der Waals surface area (Å²) in [5.74, 6) is 0.568. The van der Waals surface area contributed by atoms with Crippen LogP contribution in [-0.4, -0.2) is 28.3 Å². The minimum absolute atomic E-state index is 0.269. The lowest BCUT2D eigenvalue weighted by atomic mass is 10.1. The molecule has 18 heavy (non-hydrogen) atoms. The van der Waals surface area contributed by atoms with Crippen molar-refractivity contribution in [3.8, 4) is 0 Å². The van der Waals surface area contributed by atoms with Crippen molar-refractivity contribution in [2.45, 2.75) is 18.8 Å². The van der Waals surface area contributed by atoms with E-state index in [-0.39, 0.29) is 11.8 Å². The molecule has 0 aliphatic heterocycles. The molecule has 0 unspecified atom stereocenters. The zero-order chi connectivity index (χ0) is 12.7. The zero-order valence-electron chi connectivity index (χ0n) is 9.47. The molecule has 0 saturated heterocycles. The molecule has 1 N–H and O–H groups in total. The number of imidazole rings is 1. The molecule has 1 aromatic carbocycles. The van der Waals surface area contributed by atoms with Crippen LogP contribution in [-0.2, 0) is 4.79 Å². The fourth-order valence-corrected chi connectivity index (χ4v) is 2.04. The number of hydrogen-bond acceptors (Lipinski definition) is 4. The van der Waals surface area contributed by atoms with Crippen molar-refractivity contribution >= 4 is 29.4 Å². The van der Waals surface area contributed by atoms with Crippen LogP contribution in [0.15, 0.2) is 12.1 Å². The first-order valence-corrected chi connectivity index (χ1v) is 5.72. The molecule has 90 valence electrons. The van der Waals surface area contributed by atoms with E-state index >= 15 is 0 Å². The Morgan fingerprint density at radius 1 is 1.33 bits per heavy atom. The number of nitrogens with one attached hydrogen (secondary N) is 1. The highest BCUT2D eigenvalue weighted by Gasteiger charge is 2.28. The summed E-state index contributed by atoms with van der Waals surface area (Å²) in [6.07, 6.45) is 3.10. The van der Waals surface area contributed by atoms with Crippen LogP contribution in [0, 0.1) is 0 Å². The summed E-state index contributed by atoms with van der Waals surface area (Å²) in [5, 5.41) is 0. The van der Waals surface area contributed by atoms with Crippen LogP contribution in [0.5, 0.6) is 0 Å². The van der Waals surface area contributed by atoms with Gasteiger partial charge in [0.2, 0.25) is 5.78 Å². The number of Topliss-reactive ketones (excluding diaryl/α,β-unsaturated/α-hetero) is 1. The molecule has 1 heterocycles. The highest BCUT2D eigenvalue weighted by atomic mass is 16.2. The number of fused-ring (bicyclic) bond motifs is 1. The number of rotatable bonds is 4. The molecule has 1 aliphatic carbocycles. The number of benzene rings is 1. The molecule has 1 saturated carbocycles. The lowest BCUT2D eigenvalue weighted by molar-refractivity contribution is -0.104. The summed E-state index contributed by atoms with van der Waals surface area (Å²) in [6, 6.07) is 3.00. The number of aldehydes is 2. The molecular formula is C13H10N2O3. The van der Waals surface area contributed by atoms with Gasteiger partial charge in [0.05, 0.1) is 16.6 Å². The summed E-state index contributed by atoms with van der Waals surface area (Å²) in [7, 11) is 0. The predicted molar refractivity (Wildman–Crippen MR) is 63.9 cm³/mol. The largest absolute Gasteiger partial charge is 0.341 e. The number of aromatic nitrogens is 2. The maximum Gasteiger partial charge on any atom is 0.227 e. The second kappa shape index (κ2) is 3.87. The number of ketones is 1. The third kappa shape index (κ3) is 1.55. The molecule has 1 aliphatic rings. The van der Waals surface area contributed by atoms with Gasteiger partial charge in [-0.15, -0.1) is 0 Å². The molecule has 0 amide bonds. The van der Waals surface area contributed by atoms with E-state index in [9.17, 15) is 14.4 Å². The van der Waals surface area contributed by atoms with Crippen molar-refractivity contribution in [1.82, 2.24) is 9.97 Å². The summed E-state index contributed by atoms with van der Waals surface area (Å²) < 4.78 is 0. The van der Waals surface area contributed by atoms with Crippen LogP contribution < -0.4 is 0 Å². The predicted octanol–water partition coefficient (Wildman–Crippen LogP) is 1.63. The van der Waals surface area contributed by atoms with E-state index in [0.717, 1.165) is 18.7 Å². The third-order valence-electron chi connectivity index (χ3n) is 3.16. The van der Waals surface area contributed by atoms with Gasteiger partial charge in [0, 0.05) is 11.5 Å². The smallest absolute Gasteiger partial charge is 0.227 e. The number of carbonyl (C=O) groups is 3. The maximum absolute atomic E-state index is 11.5. The highest BCUT2D eigenvalue weighted by molar-refractivity contribution is 6.36. The SMILES string of the molecule is O=CC(=O)c1ccc(C=O)c2nc(C3CC3)[nH]c12. The summed E-state index contributed by atoms with van der Waals surface area (Å²) in [4.78, 5) is 40.5. The molecule has 1 aromatic heterocycles. The lowest BCUT2D eigenvalue weighted by Gasteiger charge is -1.98. The van der Waals surface area contributed by atoms with Crippen molar-refractivity contribution in [1.29, 1.82) is 0 Å². The van der Waals surface area contributed by atoms with Crippen molar-refractivity contribution in [3.63, 3.8) is 0 Å². The number of hydrogen-bond donors (Lipinski definition) is 1. The summed E-state index contributed by atoms with van der Waals surface area (Å²) in [5.41, 5.74) is 1.65. The quantitative estimate of drug-likeness (QED) is 0.502. The zero-order valence-corrected chi connectivity index (χ0v) is 9.47. The minimum Gasteiger partial charge on any atom is -0.341 e. The Balaban J connectivity index is 2.28. The van der Waals surface area contributed by atoms with Crippen LogP contribution in [0.4, 0.5) is 0 Å². The van der Waals surface area contributed by atoms with Gasteiger partial charge < -0.3 is 4.98 Å². The fraction of sp³-hybridized carbons (Fsp3) is 0.231. The Morgan fingerprint density at radius 2 is 2.11 bits per heavy atom. The Hall–Kier alpha value is -2.30. The molecule has 0 bridgehead atoms. The van der Waals surface area contributed by atoms with Crippen LogP contribution >= 0.6 is 0 Å². The monoisotopic (exact) mass is 242 g/mol. The molecule has 0 spiro atoms. The van der Waals surface area contributed by atoms with Crippen molar-refractivity contribution in [2.24, 2.45) is 0 Å². The maximum atomic E-state index is 11.5. The first kappa shape index (κ1) is 10.8. The Labute approximate surface area is 102 Å². The summed E-state index contributed by atoms with van der Waals surface area (Å²) >= 11 is 0. The van der Waals surface area contributed by atoms with Crippen LogP contribution in [0.2, 0.25) is 0 Å². The van der Waals surface area contributed by atoms with Gasteiger partial charge in [0.1, 0.15) is 5.82 Å². The van der Waals surface area contributed by atoms with Gasteiger partial charge in [0.15, 0.2) is 12.6 Å². The van der Waals surface area contributed by atoms with Crippen molar-refractivity contribution < 1.29 is 14.4 Å². The average molecular weight is 242 g/mol. The van der Waals surface area contributed by atoms with Gasteiger partial charge in [0.25, 0.3) is 0 Å². The van der Waals surface area contributed by atoms with E-state index in [0.29, 0.717) is 28.8 Å². The summed E-state index contributed by atoms with van der Waals surface area (Å²) in [6.45, 7) is 0. The van der Waals surface area contributed by atoms with Crippen LogP contribution in [0.25, 0.3) is 11.0 Å². The van der Waals surface area contributed by atoms with E-state index < -0.39 is 5.78 Å². The average Bonchev–Trinajstić information content (AvgIpc) is 3.15. The lowest BCUT2D eigenvalue weighted by Crippen LogP contribution is -2.01. The van der Waals surface area contributed by atoms with E-state index in [1.54, 1.807) is 0 Å². The highest BCUT2D eigenvalue weighted by Crippen LogP contribution is 2.39. The molecule has 5 nitrogen and oxygen atoms in total. The van der Waals surface area contributed by atoms with Gasteiger partial charge in [-0.2, -0.15) is 0 Å². The standard InChI is InChI=1S/C13H10N2O3/c16-5-8-3-4-9(10(18)6-17)12-11(8)14-13(15-12)7-1-2-7/h3-7H,1-2H2,(H,14,15). The Morgan fingerprint density at radius 3 is 2.72 bits per heavy atom. The second-order valence-corrected chi connectivity index (χ2v) is 4.42. The van der Waals surface area contributed by atoms with E-state index in [1.165, 1.54) is 12.1 Å². The van der Waals surface area contributed by atoms with Crippen LogP contribution in [0.1, 0.15) is 45.3 Å². The van der Waals surface area contributed by atoms with Crippen LogP contribution in [0.3, 0.4) is 0 Å². The Bertz CT molecular complexity index is 668. The molecule has 3 rings (SSSR count). The van der Waals surface area contributed by atoms with E-state index in [1.807, 2.05) is 0 Å². The van der Waals surface area contributed by atoms with E-state index in [2.05, 4.69) is 9.97 Å². The van der Waals surface area contributed by atoms with Crippen molar-refractivity contribution in [3.05, 3.63) is 29.1 Å². The van der Waals surface area contributed by atoms with Gasteiger partial charge in [-0.25, -0.2) is 4.98 Å². The molecule has 0 radical (unpaired) electrons. The number of carbonyl (C=O) groups excluding carboxylic acids is 3. The molecule has 1 fully saturated rings. The van der Waals surface area contributed by atoms with E-state index in [4.69, 9.17) is 0 Å². The Kier molecular flexibility index (Phi) is 2.33. The molecule has 2 aromatic rings. The van der Waals surface area contributed by atoms with Gasteiger partial charge in [-0.1, -0.05) is 0 Å². The number of aromatic amines is 1. The minimum atomic E-state index is -0.608. The normalized spacial score (nSPS) is 14.7.